The second kappa shape index (κ2) is 10.9. The molecule has 3 aromatic carbocycles. The third kappa shape index (κ3) is 5.42. The normalized spacial score (nSPS) is 14.5. The molecule has 4 aromatic rings. The highest BCUT2D eigenvalue weighted by Crippen LogP contribution is 2.35. The van der Waals surface area contributed by atoms with Crippen LogP contribution in [0.2, 0.25) is 5.02 Å². The van der Waals surface area contributed by atoms with E-state index in [2.05, 4.69) is 40.9 Å². The van der Waals surface area contributed by atoms with Gasteiger partial charge in [-0.25, -0.2) is 8.42 Å². The highest BCUT2D eigenvalue weighted by atomic mass is 35.5. The van der Waals surface area contributed by atoms with Gasteiger partial charge in [0, 0.05) is 34.3 Å². The van der Waals surface area contributed by atoms with Crippen molar-refractivity contribution < 1.29 is 8.42 Å². The SMILES string of the molecule is CC.Cc1ccc(NSc2ccc(N3CCCS3(=O)=O)cc2Cl)cc1-c1nccc2ccccc12. The number of hydrogen-bond donors (Lipinski definition) is 1. The van der Waals surface area contributed by atoms with Gasteiger partial charge in [-0.05, 0) is 72.6 Å². The Labute approximate surface area is 216 Å². The van der Waals surface area contributed by atoms with Gasteiger partial charge in [0.2, 0.25) is 10.0 Å². The molecule has 0 bridgehead atoms. The van der Waals surface area contributed by atoms with Crippen LogP contribution in [0.15, 0.2) is 77.8 Å². The van der Waals surface area contributed by atoms with E-state index in [9.17, 15) is 8.42 Å². The minimum Gasteiger partial charge on any atom is -0.326 e. The number of hydrogen-bond acceptors (Lipinski definition) is 5. The van der Waals surface area contributed by atoms with E-state index in [-0.39, 0.29) is 5.75 Å². The minimum atomic E-state index is -3.23. The molecular formula is C27H28ClN3O2S2. The molecule has 2 heterocycles. The van der Waals surface area contributed by atoms with Crippen molar-refractivity contribution in [2.45, 2.75) is 32.1 Å². The summed E-state index contributed by atoms with van der Waals surface area (Å²) >= 11 is 7.89. The third-order valence-corrected chi connectivity index (χ3v) is 8.96. The summed E-state index contributed by atoms with van der Waals surface area (Å²) in [5.74, 6) is 0.185. The Bertz CT molecular complexity index is 1450. The number of pyridine rings is 1. The number of aryl methyl sites for hydroxylation is 1. The summed E-state index contributed by atoms with van der Waals surface area (Å²) in [6.45, 7) is 6.58. The standard InChI is InChI=1S/C25H22ClN3O2S2.C2H6/c1-17-7-8-19(15-22(17)25-21-6-3-2-5-18(21)11-12-27-25)28-32-24-10-9-20(16-23(24)26)29-13-4-14-33(29,30)31;1-2/h2-3,5-12,15-16,28H,4,13-14H2,1H3;1-2H3. The first kappa shape index (κ1) is 25.4. The Balaban J connectivity index is 0.00000141. The molecule has 8 heteroatoms. The highest BCUT2D eigenvalue weighted by Gasteiger charge is 2.28. The molecule has 0 radical (unpaired) electrons. The van der Waals surface area contributed by atoms with E-state index >= 15 is 0 Å². The summed E-state index contributed by atoms with van der Waals surface area (Å²) in [7, 11) is -3.23. The van der Waals surface area contributed by atoms with Gasteiger partial charge in [-0.3, -0.25) is 9.29 Å². The molecule has 1 saturated heterocycles. The molecule has 1 fully saturated rings. The fraction of sp³-hybridized carbons (Fsp3) is 0.222. The number of nitrogens with zero attached hydrogens (tertiary/aromatic N) is 2. The van der Waals surface area contributed by atoms with Crippen molar-refractivity contribution in [3.8, 4) is 11.3 Å². The van der Waals surface area contributed by atoms with Gasteiger partial charge in [0.25, 0.3) is 0 Å². The largest absolute Gasteiger partial charge is 0.326 e. The molecule has 0 spiro atoms. The lowest BCUT2D eigenvalue weighted by atomic mass is 10.00. The average molecular weight is 526 g/mol. The predicted molar refractivity (Wildman–Crippen MR) is 150 cm³/mol. The van der Waals surface area contributed by atoms with Gasteiger partial charge in [0.15, 0.2) is 0 Å². The van der Waals surface area contributed by atoms with Crippen LogP contribution in [0, 0.1) is 6.92 Å². The topological polar surface area (TPSA) is 62.3 Å². The van der Waals surface area contributed by atoms with Crippen LogP contribution in [0.5, 0.6) is 0 Å². The van der Waals surface area contributed by atoms with Gasteiger partial charge in [0.1, 0.15) is 0 Å². The average Bonchev–Trinajstić information content (AvgIpc) is 3.24. The quantitative estimate of drug-likeness (QED) is 0.272. The van der Waals surface area contributed by atoms with Gasteiger partial charge in [0.05, 0.1) is 22.2 Å². The van der Waals surface area contributed by atoms with Gasteiger partial charge in [-0.15, -0.1) is 0 Å². The van der Waals surface area contributed by atoms with Crippen LogP contribution >= 0.6 is 23.5 Å². The fourth-order valence-electron chi connectivity index (χ4n) is 4.05. The van der Waals surface area contributed by atoms with E-state index in [1.54, 1.807) is 12.1 Å². The Morgan fingerprint density at radius 3 is 2.57 bits per heavy atom. The Kier molecular flexibility index (Phi) is 7.89. The van der Waals surface area contributed by atoms with Crippen LogP contribution in [-0.2, 0) is 10.0 Å². The molecule has 0 atom stereocenters. The zero-order valence-corrected chi connectivity index (χ0v) is 22.3. The highest BCUT2D eigenvalue weighted by molar-refractivity contribution is 8.00. The molecule has 0 amide bonds. The molecule has 1 aromatic heterocycles. The second-order valence-corrected chi connectivity index (χ2v) is 11.2. The van der Waals surface area contributed by atoms with E-state index in [0.717, 1.165) is 38.2 Å². The zero-order chi connectivity index (χ0) is 25.0. The number of nitrogens with one attached hydrogen (secondary N) is 1. The molecule has 1 aliphatic rings. The number of anilines is 2. The van der Waals surface area contributed by atoms with E-state index in [1.165, 1.54) is 16.3 Å². The van der Waals surface area contributed by atoms with E-state index in [0.29, 0.717) is 23.7 Å². The summed E-state index contributed by atoms with van der Waals surface area (Å²) < 4.78 is 29.2. The van der Waals surface area contributed by atoms with Crippen molar-refractivity contribution in [2.75, 3.05) is 21.3 Å². The molecular weight excluding hydrogens is 498 g/mol. The molecule has 182 valence electrons. The zero-order valence-electron chi connectivity index (χ0n) is 20.0. The molecule has 5 nitrogen and oxygen atoms in total. The van der Waals surface area contributed by atoms with Crippen LogP contribution in [-0.4, -0.2) is 25.7 Å². The first-order chi connectivity index (χ1) is 16.9. The first-order valence-electron chi connectivity index (χ1n) is 11.6. The summed E-state index contributed by atoms with van der Waals surface area (Å²) in [6, 6.07) is 21.8. The van der Waals surface area contributed by atoms with Crippen molar-refractivity contribution in [3.63, 3.8) is 0 Å². The van der Waals surface area contributed by atoms with Crippen molar-refractivity contribution in [1.29, 1.82) is 0 Å². The van der Waals surface area contributed by atoms with Crippen LogP contribution in [0.25, 0.3) is 22.0 Å². The Morgan fingerprint density at radius 2 is 1.83 bits per heavy atom. The summed E-state index contributed by atoms with van der Waals surface area (Å²) in [5.41, 5.74) is 4.70. The van der Waals surface area contributed by atoms with Gasteiger partial charge in [-0.1, -0.05) is 55.8 Å². The van der Waals surface area contributed by atoms with E-state index in [4.69, 9.17) is 11.6 Å². The van der Waals surface area contributed by atoms with Crippen LogP contribution < -0.4 is 9.03 Å². The summed E-state index contributed by atoms with van der Waals surface area (Å²) in [6.07, 6.45) is 2.48. The Hall–Kier alpha value is -2.74. The number of rotatable bonds is 5. The Morgan fingerprint density at radius 1 is 1.03 bits per heavy atom. The number of fused-ring (bicyclic) bond motifs is 1. The predicted octanol–water partition coefficient (Wildman–Crippen LogP) is 7.55. The number of halogens is 1. The number of benzene rings is 3. The van der Waals surface area contributed by atoms with Crippen LogP contribution in [0.3, 0.4) is 0 Å². The lowest BCUT2D eigenvalue weighted by Crippen LogP contribution is -2.24. The first-order valence-corrected chi connectivity index (χ1v) is 14.4. The molecule has 35 heavy (non-hydrogen) atoms. The number of sulfonamides is 1. The molecule has 0 unspecified atom stereocenters. The smallest absolute Gasteiger partial charge is 0.235 e. The summed E-state index contributed by atoms with van der Waals surface area (Å²) in [5, 5.41) is 2.78. The van der Waals surface area contributed by atoms with Crippen LogP contribution in [0.4, 0.5) is 11.4 Å². The van der Waals surface area contributed by atoms with Crippen LogP contribution in [0.1, 0.15) is 25.8 Å². The van der Waals surface area contributed by atoms with Gasteiger partial charge >= 0.3 is 0 Å². The van der Waals surface area contributed by atoms with Crippen molar-refractivity contribution in [2.24, 2.45) is 0 Å². The monoisotopic (exact) mass is 525 g/mol. The molecule has 5 rings (SSSR count). The molecule has 0 saturated carbocycles. The van der Waals surface area contributed by atoms with E-state index < -0.39 is 10.0 Å². The van der Waals surface area contributed by atoms with Gasteiger partial charge in [-0.2, -0.15) is 0 Å². The fourth-order valence-corrected chi connectivity index (χ4v) is 6.54. The maximum atomic E-state index is 12.2. The maximum absolute atomic E-state index is 12.2. The third-order valence-electron chi connectivity index (χ3n) is 5.75. The lowest BCUT2D eigenvalue weighted by molar-refractivity contribution is 0.599. The maximum Gasteiger partial charge on any atom is 0.235 e. The van der Waals surface area contributed by atoms with Gasteiger partial charge < -0.3 is 4.72 Å². The molecule has 1 N–H and O–H groups in total. The molecule has 1 aliphatic heterocycles. The second-order valence-electron chi connectivity index (χ2n) is 7.97. The van der Waals surface area contributed by atoms with Crippen molar-refractivity contribution in [1.82, 2.24) is 4.98 Å². The van der Waals surface area contributed by atoms with Crippen molar-refractivity contribution >= 4 is 55.7 Å². The van der Waals surface area contributed by atoms with Crippen molar-refractivity contribution in [3.05, 3.63) is 83.5 Å². The number of aromatic nitrogens is 1. The minimum absolute atomic E-state index is 0.185. The summed E-state index contributed by atoms with van der Waals surface area (Å²) in [4.78, 5) is 5.48. The molecule has 0 aliphatic carbocycles. The lowest BCUT2D eigenvalue weighted by Gasteiger charge is -2.18. The van der Waals surface area contributed by atoms with E-state index in [1.807, 2.05) is 50.4 Å².